The number of aromatic nitrogens is 1. The maximum Gasteiger partial charge on any atom is 0.307 e. The van der Waals surface area contributed by atoms with Crippen molar-refractivity contribution in [1.29, 1.82) is 0 Å². The molecule has 3 aliphatic rings. The van der Waals surface area contributed by atoms with Crippen LogP contribution >= 0.6 is 0 Å². The Morgan fingerprint density at radius 2 is 1.96 bits per heavy atom. The number of hydrogen-bond donors (Lipinski definition) is 1. The molecule has 6 nitrogen and oxygen atoms in total. The number of nitrogens with zero attached hydrogens (tertiary/aromatic N) is 2. The first-order valence-electron chi connectivity index (χ1n) is 8.97. The number of benzene rings is 1. The Labute approximate surface area is 151 Å². The fourth-order valence-corrected chi connectivity index (χ4v) is 4.28. The van der Waals surface area contributed by atoms with Crippen LogP contribution in [0.25, 0.3) is 0 Å². The van der Waals surface area contributed by atoms with Crippen LogP contribution in [0.4, 0.5) is 0 Å². The van der Waals surface area contributed by atoms with E-state index in [4.69, 9.17) is 14.6 Å². The summed E-state index contributed by atoms with van der Waals surface area (Å²) < 4.78 is 11.7. The van der Waals surface area contributed by atoms with E-state index in [0.717, 1.165) is 25.2 Å². The molecule has 2 aromatic rings. The summed E-state index contributed by atoms with van der Waals surface area (Å²) >= 11 is 0. The van der Waals surface area contributed by atoms with Crippen molar-refractivity contribution in [3.63, 3.8) is 0 Å². The van der Waals surface area contributed by atoms with E-state index < -0.39 is 5.97 Å². The summed E-state index contributed by atoms with van der Waals surface area (Å²) in [5.41, 5.74) is 2.30. The van der Waals surface area contributed by atoms with Gasteiger partial charge in [-0.3, -0.25) is 9.69 Å². The quantitative estimate of drug-likeness (QED) is 0.911. The summed E-state index contributed by atoms with van der Waals surface area (Å²) in [4.78, 5) is 17.6. The normalized spacial score (nSPS) is 29.2. The number of carboxylic acids is 1. The molecule has 26 heavy (non-hydrogen) atoms. The third kappa shape index (κ3) is 2.70. The average molecular weight is 352 g/mol. The van der Waals surface area contributed by atoms with Gasteiger partial charge in [0.25, 0.3) is 5.88 Å². The van der Waals surface area contributed by atoms with Crippen LogP contribution in [0.2, 0.25) is 0 Å². The number of piperidine rings is 1. The van der Waals surface area contributed by atoms with Crippen molar-refractivity contribution < 1.29 is 19.4 Å². The topological polar surface area (TPSA) is 71.9 Å². The van der Waals surface area contributed by atoms with Crippen LogP contribution in [0, 0.1) is 17.8 Å². The summed E-state index contributed by atoms with van der Waals surface area (Å²) in [6.07, 6.45) is 1.55. The van der Waals surface area contributed by atoms with E-state index in [2.05, 4.69) is 34.1 Å². The van der Waals surface area contributed by atoms with Gasteiger partial charge in [0.2, 0.25) is 0 Å². The smallest absolute Gasteiger partial charge is 0.307 e. The van der Waals surface area contributed by atoms with E-state index in [9.17, 15) is 4.79 Å². The minimum atomic E-state index is -0.630. The molecule has 3 atom stereocenters. The van der Waals surface area contributed by atoms with Gasteiger partial charge in [0.05, 0.1) is 5.92 Å². The molecule has 0 bridgehead atoms. The van der Waals surface area contributed by atoms with E-state index in [-0.39, 0.29) is 12.0 Å². The largest absolute Gasteiger partial charge is 0.484 e. The maximum atomic E-state index is 11.1. The molecule has 5 rings (SSSR count). The lowest BCUT2D eigenvalue weighted by Gasteiger charge is -2.26. The van der Waals surface area contributed by atoms with Crippen LogP contribution in [0.3, 0.4) is 0 Å². The molecular weight excluding hydrogens is 332 g/mol. The number of carboxylic acid groups (broad SMARTS) is 1. The highest BCUT2D eigenvalue weighted by Crippen LogP contribution is 2.52. The Morgan fingerprint density at radius 1 is 1.19 bits per heavy atom. The molecule has 3 heterocycles. The third-order valence-electron chi connectivity index (χ3n) is 5.69. The molecular formula is C20H20N2O4. The second-order valence-electron chi connectivity index (χ2n) is 7.35. The standard InChI is InChI=1S/C20H20N2O4/c23-20(24)18-14-9-22(10-15(14)18)8-12-3-5-13(6-4-12)17-11-25-16-2-1-7-21-19(16)26-17/h1-7,14-15,17-18H,8-11H2,(H,23,24)/t14?,15?,17-,18?/m1/s1. The Bertz CT molecular complexity index is 826. The number of fused-ring (bicyclic) bond motifs is 2. The number of ether oxygens (including phenoxy) is 2. The molecule has 2 aliphatic heterocycles. The number of likely N-dealkylation sites (tertiary alicyclic amines) is 1. The number of carbonyl (C=O) groups is 1. The SMILES string of the molecule is O=C(O)C1C2CN(Cc3ccc([C@H]4COc5cccnc5O4)cc3)CC21. The Kier molecular flexibility index (Phi) is 3.60. The molecule has 6 heteroatoms. The van der Waals surface area contributed by atoms with Crippen molar-refractivity contribution in [2.45, 2.75) is 12.6 Å². The van der Waals surface area contributed by atoms with Crippen molar-refractivity contribution >= 4 is 5.97 Å². The summed E-state index contributed by atoms with van der Waals surface area (Å²) in [5.74, 6) is 1.20. The number of hydrogen-bond acceptors (Lipinski definition) is 5. The molecule has 0 spiro atoms. The summed E-state index contributed by atoms with van der Waals surface area (Å²) in [6, 6.07) is 12.1. The first-order chi connectivity index (χ1) is 12.7. The number of rotatable bonds is 4. The molecule has 2 unspecified atom stereocenters. The maximum absolute atomic E-state index is 11.1. The Hall–Kier alpha value is -2.60. The molecule has 0 radical (unpaired) electrons. The highest BCUT2D eigenvalue weighted by Gasteiger charge is 2.59. The highest BCUT2D eigenvalue weighted by molar-refractivity contribution is 5.74. The minimum Gasteiger partial charge on any atom is -0.484 e. The zero-order valence-corrected chi connectivity index (χ0v) is 14.2. The zero-order chi connectivity index (χ0) is 17.7. The van der Waals surface area contributed by atoms with Crippen molar-refractivity contribution in [2.75, 3.05) is 19.7 Å². The van der Waals surface area contributed by atoms with Gasteiger partial charge in [-0.2, -0.15) is 0 Å². The number of aliphatic carboxylic acids is 1. The predicted molar refractivity (Wildman–Crippen MR) is 92.9 cm³/mol. The summed E-state index contributed by atoms with van der Waals surface area (Å²) in [6.45, 7) is 3.13. The van der Waals surface area contributed by atoms with Gasteiger partial charge in [-0.05, 0) is 35.1 Å². The van der Waals surface area contributed by atoms with Crippen LogP contribution in [-0.2, 0) is 11.3 Å². The summed E-state index contributed by atoms with van der Waals surface area (Å²) in [7, 11) is 0. The number of pyridine rings is 1. The van der Waals surface area contributed by atoms with Crippen molar-refractivity contribution in [2.24, 2.45) is 17.8 Å². The first-order valence-corrected chi connectivity index (χ1v) is 8.97. The second kappa shape index (κ2) is 5.99. The van der Waals surface area contributed by atoms with Gasteiger partial charge >= 0.3 is 5.97 Å². The van der Waals surface area contributed by atoms with Gasteiger partial charge in [-0.1, -0.05) is 24.3 Å². The van der Waals surface area contributed by atoms with Crippen LogP contribution in [0.5, 0.6) is 11.6 Å². The zero-order valence-electron chi connectivity index (χ0n) is 14.2. The monoisotopic (exact) mass is 352 g/mol. The van der Waals surface area contributed by atoms with Crippen LogP contribution in [-0.4, -0.2) is 40.7 Å². The molecule has 1 aromatic heterocycles. The lowest BCUT2D eigenvalue weighted by Crippen LogP contribution is -2.26. The molecule has 0 amide bonds. The Balaban J connectivity index is 1.20. The van der Waals surface area contributed by atoms with Crippen molar-refractivity contribution in [3.05, 3.63) is 53.7 Å². The van der Waals surface area contributed by atoms with Crippen LogP contribution in [0.1, 0.15) is 17.2 Å². The van der Waals surface area contributed by atoms with Gasteiger partial charge in [-0.15, -0.1) is 0 Å². The first kappa shape index (κ1) is 15.6. The molecule has 1 saturated carbocycles. The van der Waals surface area contributed by atoms with E-state index in [1.165, 1.54) is 5.56 Å². The van der Waals surface area contributed by atoms with Gasteiger partial charge in [-0.25, -0.2) is 4.98 Å². The van der Waals surface area contributed by atoms with Gasteiger partial charge in [0.15, 0.2) is 11.9 Å². The van der Waals surface area contributed by atoms with Gasteiger partial charge < -0.3 is 14.6 Å². The fraction of sp³-hybridized carbons (Fsp3) is 0.400. The lowest BCUT2D eigenvalue weighted by atomic mass is 10.1. The van der Waals surface area contributed by atoms with Crippen LogP contribution in [0.15, 0.2) is 42.6 Å². The molecule has 2 fully saturated rings. The molecule has 1 saturated heterocycles. The fourth-order valence-electron chi connectivity index (χ4n) is 4.28. The van der Waals surface area contributed by atoms with Crippen molar-refractivity contribution in [3.8, 4) is 11.6 Å². The molecule has 1 aromatic carbocycles. The minimum absolute atomic E-state index is 0.103. The van der Waals surface area contributed by atoms with Crippen LogP contribution < -0.4 is 9.47 Å². The molecule has 134 valence electrons. The summed E-state index contributed by atoms with van der Waals surface area (Å²) in [5, 5.41) is 9.11. The predicted octanol–water partition coefficient (Wildman–Crippen LogP) is 2.36. The van der Waals surface area contributed by atoms with E-state index in [1.807, 2.05) is 12.1 Å². The molecule has 1 N–H and O–H groups in total. The lowest BCUT2D eigenvalue weighted by molar-refractivity contribution is -0.139. The Morgan fingerprint density at radius 3 is 2.69 bits per heavy atom. The second-order valence-corrected chi connectivity index (χ2v) is 7.35. The van der Waals surface area contributed by atoms with E-state index in [0.29, 0.717) is 30.1 Å². The third-order valence-corrected chi connectivity index (χ3v) is 5.69. The van der Waals surface area contributed by atoms with E-state index in [1.54, 1.807) is 6.20 Å². The van der Waals surface area contributed by atoms with Gasteiger partial charge in [0, 0.05) is 25.8 Å². The van der Waals surface area contributed by atoms with E-state index >= 15 is 0 Å². The highest BCUT2D eigenvalue weighted by atomic mass is 16.6. The molecule has 1 aliphatic carbocycles. The van der Waals surface area contributed by atoms with Crippen molar-refractivity contribution in [1.82, 2.24) is 9.88 Å². The van der Waals surface area contributed by atoms with Gasteiger partial charge in [0.1, 0.15) is 6.61 Å². The average Bonchev–Trinajstić information content (AvgIpc) is 3.19.